The van der Waals surface area contributed by atoms with Crippen molar-refractivity contribution in [1.82, 2.24) is 15.3 Å². The summed E-state index contributed by atoms with van der Waals surface area (Å²) in [5.74, 6) is -0.198. The van der Waals surface area contributed by atoms with Crippen molar-refractivity contribution < 1.29 is 18.1 Å². The number of carbonyl (C=O) groups is 1. The van der Waals surface area contributed by atoms with Crippen molar-refractivity contribution >= 4 is 14.7 Å². The highest BCUT2D eigenvalue weighted by molar-refractivity contribution is 6.60. The molecular formula is C10H19N3O4Si. The molecule has 1 heterocycles. The summed E-state index contributed by atoms with van der Waals surface area (Å²) in [4.78, 5) is 18.1. The number of rotatable bonds is 8. The van der Waals surface area contributed by atoms with Crippen LogP contribution in [0.3, 0.4) is 0 Å². The molecule has 1 aromatic rings. The number of imidazole rings is 1. The molecule has 0 fully saturated rings. The van der Waals surface area contributed by atoms with Gasteiger partial charge in [-0.2, -0.15) is 0 Å². The van der Waals surface area contributed by atoms with E-state index in [1.807, 2.05) is 0 Å². The second kappa shape index (κ2) is 7.26. The SMILES string of the molecule is CO[Si](CCCNC(=O)c1c[nH]cn1)(OC)OC. The maximum atomic E-state index is 11.6. The normalized spacial score (nSPS) is 11.5. The van der Waals surface area contributed by atoms with Crippen LogP contribution in [-0.4, -0.2) is 52.6 Å². The van der Waals surface area contributed by atoms with Gasteiger partial charge in [0.25, 0.3) is 5.91 Å². The van der Waals surface area contributed by atoms with Crippen LogP contribution in [-0.2, 0) is 13.3 Å². The molecule has 1 rings (SSSR count). The van der Waals surface area contributed by atoms with Gasteiger partial charge in [-0.25, -0.2) is 4.98 Å². The maximum Gasteiger partial charge on any atom is 0.500 e. The second-order valence-electron chi connectivity index (χ2n) is 3.61. The quantitative estimate of drug-likeness (QED) is 0.529. The van der Waals surface area contributed by atoms with Gasteiger partial charge in [0.2, 0.25) is 0 Å². The first-order valence-electron chi connectivity index (χ1n) is 5.60. The predicted octanol–water partition coefficient (Wildman–Crippen LogP) is 0.408. The zero-order valence-electron chi connectivity index (χ0n) is 10.9. The lowest BCUT2D eigenvalue weighted by atomic mass is 10.4. The van der Waals surface area contributed by atoms with E-state index < -0.39 is 8.80 Å². The molecule has 0 atom stereocenters. The van der Waals surface area contributed by atoms with E-state index in [-0.39, 0.29) is 5.91 Å². The van der Waals surface area contributed by atoms with Crippen LogP contribution in [0.1, 0.15) is 16.9 Å². The Bertz CT molecular complexity index is 346. The molecule has 1 amide bonds. The Hall–Kier alpha value is -1.22. The number of nitrogens with zero attached hydrogens (tertiary/aromatic N) is 1. The molecule has 0 bridgehead atoms. The maximum absolute atomic E-state index is 11.6. The first-order chi connectivity index (χ1) is 8.67. The molecule has 0 saturated heterocycles. The van der Waals surface area contributed by atoms with Crippen LogP contribution >= 0.6 is 0 Å². The fraction of sp³-hybridized carbons (Fsp3) is 0.600. The van der Waals surface area contributed by atoms with E-state index in [0.717, 1.165) is 6.42 Å². The van der Waals surface area contributed by atoms with E-state index in [1.165, 1.54) is 6.33 Å². The van der Waals surface area contributed by atoms with Gasteiger partial charge < -0.3 is 23.6 Å². The molecule has 18 heavy (non-hydrogen) atoms. The largest absolute Gasteiger partial charge is 0.500 e. The minimum Gasteiger partial charge on any atom is -0.377 e. The lowest BCUT2D eigenvalue weighted by Crippen LogP contribution is -2.43. The summed E-state index contributed by atoms with van der Waals surface area (Å²) in [5, 5.41) is 2.76. The van der Waals surface area contributed by atoms with Crippen LogP contribution in [0, 0.1) is 0 Å². The molecule has 7 nitrogen and oxygen atoms in total. The molecule has 0 aliphatic heterocycles. The van der Waals surface area contributed by atoms with Crippen LogP contribution in [0.4, 0.5) is 0 Å². The third-order valence-electron chi connectivity index (χ3n) is 2.61. The standard InChI is InChI=1S/C10H19N3O4Si/c1-15-18(16-2,17-3)6-4-5-12-10(14)9-7-11-8-13-9/h7-8H,4-6H2,1-3H3,(H,11,13)(H,12,14). The molecule has 0 aliphatic carbocycles. The molecule has 102 valence electrons. The van der Waals surface area contributed by atoms with Gasteiger partial charge in [0.1, 0.15) is 5.69 Å². The molecule has 2 N–H and O–H groups in total. The molecule has 0 aromatic carbocycles. The van der Waals surface area contributed by atoms with E-state index in [0.29, 0.717) is 18.3 Å². The number of hydrogen-bond acceptors (Lipinski definition) is 5. The molecule has 1 aromatic heterocycles. The fourth-order valence-electron chi connectivity index (χ4n) is 1.54. The first kappa shape index (κ1) is 14.8. The van der Waals surface area contributed by atoms with Crippen LogP contribution in [0.25, 0.3) is 0 Å². The average Bonchev–Trinajstić information content (AvgIpc) is 2.94. The van der Waals surface area contributed by atoms with Crippen molar-refractivity contribution in [1.29, 1.82) is 0 Å². The third kappa shape index (κ3) is 3.91. The van der Waals surface area contributed by atoms with Gasteiger partial charge in [-0.3, -0.25) is 4.79 Å². The van der Waals surface area contributed by atoms with E-state index in [2.05, 4.69) is 15.3 Å². The number of aromatic nitrogens is 2. The van der Waals surface area contributed by atoms with Crippen molar-refractivity contribution in [2.75, 3.05) is 27.9 Å². The first-order valence-corrected chi connectivity index (χ1v) is 7.53. The Labute approximate surface area is 107 Å². The lowest BCUT2D eigenvalue weighted by molar-refractivity contribution is 0.0945. The Morgan fingerprint density at radius 3 is 2.56 bits per heavy atom. The summed E-state index contributed by atoms with van der Waals surface area (Å²) in [7, 11) is 2.18. The number of carbonyl (C=O) groups excluding carboxylic acids is 1. The van der Waals surface area contributed by atoms with Crippen molar-refractivity contribution in [3.05, 3.63) is 18.2 Å². The zero-order valence-corrected chi connectivity index (χ0v) is 11.9. The van der Waals surface area contributed by atoms with Crippen LogP contribution in [0.5, 0.6) is 0 Å². The topological polar surface area (TPSA) is 85.5 Å². The number of nitrogens with one attached hydrogen (secondary N) is 2. The highest BCUT2D eigenvalue weighted by Gasteiger charge is 2.36. The molecule has 0 aliphatic rings. The predicted molar refractivity (Wildman–Crippen MR) is 67.1 cm³/mol. The number of amides is 1. The number of aromatic amines is 1. The van der Waals surface area contributed by atoms with Crippen molar-refractivity contribution in [2.24, 2.45) is 0 Å². The monoisotopic (exact) mass is 273 g/mol. The summed E-state index contributed by atoms with van der Waals surface area (Å²) >= 11 is 0. The molecule has 0 spiro atoms. The van der Waals surface area contributed by atoms with Gasteiger partial charge >= 0.3 is 8.80 Å². The minimum absolute atomic E-state index is 0.198. The zero-order chi connectivity index (χ0) is 13.4. The van der Waals surface area contributed by atoms with Gasteiger partial charge in [0, 0.05) is 40.1 Å². The summed E-state index contributed by atoms with van der Waals surface area (Å²) in [6.45, 7) is 0.524. The van der Waals surface area contributed by atoms with Gasteiger partial charge in [-0.1, -0.05) is 0 Å². The average molecular weight is 273 g/mol. The van der Waals surface area contributed by atoms with Gasteiger partial charge in [-0.15, -0.1) is 0 Å². The molecule has 0 radical (unpaired) electrons. The van der Waals surface area contributed by atoms with E-state index in [4.69, 9.17) is 13.3 Å². The lowest BCUT2D eigenvalue weighted by Gasteiger charge is -2.24. The van der Waals surface area contributed by atoms with E-state index in [9.17, 15) is 4.79 Å². The summed E-state index contributed by atoms with van der Waals surface area (Å²) in [5.41, 5.74) is 0.378. The smallest absolute Gasteiger partial charge is 0.377 e. The summed E-state index contributed by atoms with van der Waals surface area (Å²) in [6, 6.07) is 0.650. The third-order valence-corrected chi connectivity index (χ3v) is 5.44. The summed E-state index contributed by atoms with van der Waals surface area (Å²) in [6.07, 6.45) is 3.74. The Morgan fingerprint density at radius 2 is 2.06 bits per heavy atom. The Balaban J connectivity index is 2.28. The minimum atomic E-state index is -2.53. The van der Waals surface area contributed by atoms with E-state index >= 15 is 0 Å². The highest BCUT2D eigenvalue weighted by atomic mass is 28.4. The highest BCUT2D eigenvalue weighted by Crippen LogP contribution is 2.14. The van der Waals surface area contributed by atoms with Crippen molar-refractivity contribution in [3.63, 3.8) is 0 Å². The van der Waals surface area contributed by atoms with Crippen LogP contribution < -0.4 is 5.32 Å². The van der Waals surface area contributed by atoms with E-state index in [1.54, 1.807) is 27.5 Å². The molecular weight excluding hydrogens is 254 g/mol. The molecule has 0 saturated carbocycles. The molecule has 8 heteroatoms. The number of H-pyrrole nitrogens is 1. The van der Waals surface area contributed by atoms with Crippen molar-refractivity contribution in [3.8, 4) is 0 Å². The Morgan fingerprint density at radius 1 is 1.39 bits per heavy atom. The van der Waals surface area contributed by atoms with Crippen molar-refractivity contribution in [2.45, 2.75) is 12.5 Å². The summed E-state index contributed by atoms with van der Waals surface area (Å²) < 4.78 is 15.8. The van der Waals surface area contributed by atoms with Crippen LogP contribution in [0.2, 0.25) is 6.04 Å². The Kier molecular flexibility index (Phi) is 5.99. The van der Waals surface area contributed by atoms with Gasteiger partial charge in [0.05, 0.1) is 6.33 Å². The van der Waals surface area contributed by atoms with Gasteiger partial charge in [0.15, 0.2) is 0 Å². The van der Waals surface area contributed by atoms with Crippen LogP contribution in [0.15, 0.2) is 12.5 Å². The number of hydrogen-bond donors (Lipinski definition) is 2. The molecule has 0 unspecified atom stereocenters. The van der Waals surface area contributed by atoms with Gasteiger partial charge in [-0.05, 0) is 6.42 Å². The second-order valence-corrected chi connectivity index (χ2v) is 6.70. The fourth-order valence-corrected chi connectivity index (χ4v) is 3.26.